The Morgan fingerprint density at radius 3 is 2.20 bits per heavy atom. The van der Waals surface area contributed by atoms with Gasteiger partial charge in [-0.3, -0.25) is 4.90 Å². The summed E-state index contributed by atoms with van der Waals surface area (Å²) in [4.78, 5) is 3.55. The van der Waals surface area contributed by atoms with Crippen LogP contribution in [0.1, 0.15) is 5.56 Å². The molecule has 1 heterocycles. The molecule has 2 rings (SSSR count). The molecular weight excluding hydrogens is 265 g/mol. The van der Waals surface area contributed by atoms with Gasteiger partial charge in [-0.2, -0.15) is 13.2 Å². The predicted octanol–water partition coefficient (Wildman–Crippen LogP) is 2.88. The van der Waals surface area contributed by atoms with Crippen LogP contribution < -0.4 is 0 Å². The van der Waals surface area contributed by atoms with Gasteiger partial charge in [-0.1, -0.05) is 42.5 Å². The first-order valence-electron chi connectivity index (χ1n) is 6.69. The van der Waals surface area contributed by atoms with Crippen LogP contribution >= 0.6 is 0 Å². The second kappa shape index (κ2) is 6.41. The Morgan fingerprint density at radius 2 is 1.65 bits per heavy atom. The van der Waals surface area contributed by atoms with Crippen molar-refractivity contribution in [1.29, 1.82) is 0 Å². The van der Waals surface area contributed by atoms with Gasteiger partial charge in [0.15, 0.2) is 0 Å². The van der Waals surface area contributed by atoms with Crippen LogP contribution in [0, 0.1) is 0 Å². The number of piperazine rings is 1. The van der Waals surface area contributed by atoms with E-state index in [1.807, 2.05) is 30.1 Å². The number of nitrogens with zero attached hydrogens (tertiary/aromatic N) is 2. The molecule has 0 spiro atoms. The monoisotopic (exact) mass is 284 g/mol. The van der Waals surface area contributed by atoms with Gasteiger partial charge in [0.2, 0.25) is 0 Å². The zero-order valence-corrected chi connectivity index (χ0v) is 11.5. The summed E-state index contributed by atoms with van der Waals surface area (Å²) in [6.07, 6.45) is -1.42. The van der Waals surface area contributed by atoms with Crippen LogP contribution in [0.3, 0.4) is 0 Å². The van der Waals surface area contributed by atoms with Gasteiger partial charge < -0.3 is 4.90 Å². The molecule has 110 valence electrons. The van der Waals surface area contributed by atoms with Gasteiger partial charge in [-0.25, -0.2) is 0 Å². The molecule has 1 fully saturated rings. The molecule has 20 heavy (non-hydrogen) atoms. The molecule has 1 aromatic carbocycles. The minimum Gasteiger partial charge on any atom is -0.304 e. The van der Waals surface area contributed by atoms with Crippen molar-refractivity contribution in [3.05, 3.63) is 42.0 Å². The van der Waals surface area contributed by atoms with E-state index in [4.69, 9.17) is 0 Å². The molecule has 1 saturated heterocycles. The Morgan fingerprint density at radius 1 is 1.05 bits per heavy atom. The van der Waals surface area contributed by atoms with E-state index in [1.165, 1.54) is 11.0 Å². The second-order valence-electron chi connectivity index (χ2n) is 5.10. The molecule has 1 aromatic rings. The Kier molecular flexibility index (Phi) is 4.83. The lowest BCUT2D eigenvalue weighted by atomic mass is 10.1. The zero-order valence-electron chi connectivity index (χ0n) is 11.5. The maximum atomic E-state index is 13.2. The molecule has 1 aliphatic heterocycles. The summed E-state index contributed by atoms with van der Waals surface area (Å²) in [6.45, 7) is 2.23. The maximum absolute atomic E-state index is 13.2. The minimum atomic E-state index is -4.23. The van der Waals surface area contributed by atoms with Gasteiger partial charge in [0.25, 0.3) is 0 Å². The van der Waals surface area contributed by atoms with Crippen molar-refractivity contribution >= 4 is 6.08 Å². The summed E-state index contributed by atoms with van der Waals surface area (Å²) < 4.78 is 39.6. The number of alkyl halides is 3. The summed E-state index contributed by atoms with van der Waals surface area (Å²) in [5.41, 5.74) is 0.788. The van der Waals surface area contributed by atoms with Crippen LogP contribution in [0.5, 0.6) is 0 Å². The van der Waals surface area contributed by atoms with Crippen LogP contribution in [-0.2, 0) is 0 Å². The Balaban J connectivity index is 2.10. The normalized spacial score (nSPS) is 20.4. The maximum Gasteiger partial charge on any atom is 0.407 e. The van der Waals surface area contributed by atoms with E-state index < -0.39 is 12.2 Å². The fourth-order valence-electron chi connectivity index (χ4n) is 2.30. The van der Waals surface area contributed by atoms with Gasteiger partial charge in [-0.15, -0.1) is 0 Å². The lowest BCUT2D eigenvalue weighted by molar-refractivity contribution is -0.173. The summed E-state index contributed by atoms with van der Waals surface area (Å²) in [7, 11) is 1.93. The molecule has 0 N–H and O–H groups in total. The minimum absolute atomic E-state index is 0.444. The highest BCUT2D eigenvalue weighted by Gasteiger charge is 2.42. The van der Waals surface area contributed by atoms with Crippen molar-refractivity contribution in [1.82, 2.24) is 9.80 Å². The van der Waals surface area contributed by atoms with E-state index in [0.29, 0.717) is 26.2 Å². The van der Waals surface area contributed by atoms with E-state index in [1.54, 1.807) is 18.2 Å². The molecule has 0 amide bonds. The third-order valence-electron chi connectivity index (χ3n) is 3.54. The summed E-state index contributed by atoms with van der Waals surface area (Å²) in [5.74, 6) is 0. The van der Waals surface area contributed by atoms with Crippen molar-refractivity contribution in [2.75, 3.05) is 33.2 Å². The number of rotatable bonds is 3. The largest absolute Gasteiger partial charge is 0.407 e. The van der Waals surface area contributed by atoms with Gasteiger partial charge in [-0.05, 0) is 12.6 Å². The summed E-state index contributed by atoms with van der Waals surface area (Å²) in [5, 5.41) is 0. The molecule has 0 saturated carbocycles. The van der Waals surface area contributed by atoms with Crippen LogP contribution in [-0.4, -0.2) is 55.2 Å². The van der Waals surface area contributed by atoms with Crippen molar-refractivity contribution in [3.8, 4) is 0 Å². The van der Waals surface area contributed by atoms with Crippen LogP contribution in [0.2, 0.25) is 0 Å². The quantitative estimate of drug-likeness (QED) is 0.842. The average Bonchev–Trinajstić information content (AvgIpc) is 2.41. The molecule has 0 radical (unpaired) electrons. The van der Waals surface area contributed by atoms with Crippen molar-refractivity contribution in [2.45, 2.75) is 12.2 Å². The molecule has 0 aromatic heterocycles. The zero-order chi connectivity index (χ0) is 14.6. The van der Waals surface area contributed by atoms with Crippen molar-refractivity contribution in [2.24, 2.45) is 0 Å². The third-order valence-corrected chi connectivity index (χ3v) is 3.54. The molecule has 0 aliphatic carbocycles. The highest BCUT2D eigenvalue weighted by atomic mass is 19.4. The topological polar surface area (TPSA) is 6.48 Å². The molecule has 1 atom stereocenters. The molecule has 0 bridgehead atoms. The smallest absolute Gasteiger partial charge is 0.304 e. The van der Waals surface area contributed by atoms with E-state index in [9.17, 15) is 13.2 Å². The number of hydrogen-bond acceptors (Lipinski definition) is 2. The SMILES string of the molecule is CN1CCN(C(/C=C/c2ccccc2)C(F)(F)F)CC1. The lowest BCUT2D eigenvalue weighted by Crippen LogP contribution is -2.53. The van der Waals surface area contributed by atoms with Crippen LogP contribution in [0.4, 0.5) is 13.2 Å². The molecule has 2 nitrogen and oxygen atoms in total. The Hall–Kier alpha value is -1.33. The van der Waals surface area contributed by atoms with Crippen LogP contribution in [0.25, 0.3) is 6.08 Å². The third kappa shape index (κ3) is 4.08. The Bertz CT molecular complexity index is 434. The first-order valence-corrected chi connectivity index (χ1v) is 6.69. The van der Waals surface area contributed by atoms with Gasteiger partial charge in [0.1, 0.15) is 6.04 Å². The number of hydrogen-bond donors (Lipinski definition) is 0. The first kappa shape index (κ1) is 15.1. The van der Waals surface area contributed by atoms with Crippen molar-refractivity contribution in [3.63, 3.8) is 0 Å². The van der Waals surface area contributed by atoms with E-state index in [0.717, 1.165) is 5.56 Å². The molecule has 5 heteroatoms. The average molecular weight is 284 g/mol. The number of benzene rings is 1. The number of likely N-dealkylation sites (N-methyl/N-ethyl adjacent to an activating group) is 1. The van der Waals surface area contributed by atoms with Gasteiger partial charge in [0, 0.05) is 26.2 Å². The number of halogens is 3. The molecular formula is C15H19F3N2. The fourth-order valence-corrected chi connectivity index (χ4v) is 2.30. The van der Waals surface area contributed by atoms with Crippen molar-refractivity contribution < 1.29 is 13.2 Å². The molecule has 1 aliphatic rings. The summed E-state index contributed by atoms with van der Waals surface area (Å²) >= 11 is 0. The van der Waals surface area contributed by atoms with Gasteiger partial charge >= 0.3 is 6.18 Å². The second-order valence-corrected chi connectivity index (χ2v) is 5.10. The molecule has 1 unspecified atom stereocenters. The van der Waals surface area contributed by atoms with E-state index >= 15 is 0 Å². The predicted molar refractivity (Wildman–Crippen MR) is 74.4 cm³/mol. The first-order chi connectivity index (χ1) is 9.47. The highest BCUT2D eigenvalue weighted by Crippen LogP contribution is 2.27. The van der Waals surface area contributed by atoms with E-state index in [2.05, 4.69) is 0 Å². The van der Waals surface area contributed by atoms with Crippen LogP contribution in [0.15, 0.2) is 36.4 Å². The highest BCUT2D eigenvalue weighted by molar-refractivity contribution is 5.49. The summed E-state index contributed by atoms with van der Waals surface area (Å²) in [6, 6.07) is 7.58. The fraction of sp³-hybridized carbons (Fsp3) is 0.467. The lowest BCUT2D eigenvalue weighted by Gasteiger charge is -2.37. The Labute approximate surface area is 117 Å². The van der Waals surface area contributed by atoms with E-state index in [-0.39, 0.29) is 0 Å². The van der Waals surface area contributed by atoms with Gasteiger partial charge in [0.05, 0.1) is 0 Å². The standard InChI is InChI=1S/C15H19F3N2/c1-19-9-11-20(12-10-19)14(15(16,17)18)8-7-13-5-3-2-4-6-13/h2-8,14H,9-12H2,1H3/b8-7+.